The molecule has 0 saturated carbocycles. The highest BCUT2D eigenvalue weighted by Crippen LogP contribution is 2.44. The summed E-state index contributed by atoms with van der Waals surface area (Å²) in [5.74, 6) is -0.239. The quantitative estimate of drug-likeness (QED) is 0.678. The highest BCUT2D eigenvalue weighted by Gasteiger charge is 2.42. The van der Waals surface area contributed by atoms with Crippen molar-refractivity contribution in [2.45, 2.75) is 12.5 Å². The lowest BCUT2D eigenvalue weighted by molar-refractivity contribution is 0.482. The molecule has 0 unspecified atom stereocenters. The molecule has 0 amide bonds. The Hall–Kier alpha value is -2.43. The van der Waals surface area contributed by atoms with Crippen LogP contribution in [0.15, 0.2) is 47.7 Å². The Morgan fingerprint density at radius 1 is 1.21 bits per heavy atom. The van der Waals surface area contributed by atoms with E-state index < -0.39 is 15.6 Å². The average Bonchev–Trinajstić information content (AvgIpc) is 3.29. The molecule has 3 heterocycles. The molecule has 0 spiro atoms. The average molecular weight is 437 g/mol. The van der Waals surface area contributed by atoms with Gasteiger partial charge in [-0.05, 0) is 30.7 Å². The van der Waals surface area contributed by atoms with E-state index in [-0.39, 0.29) is 11.7 Å². The molecule has 3 aromatic rings. The predicted octanol–water partition coefficient (Wildman–Crippen LogP) is 2.45. The van der Waals surface area contributed by atoms with Crippen molar-refractivity contribution in [1.82, 2.24) is 19.3 Å². The Kier molecular flexibility index (Phi) is 4.44. The highest BCUT2D eigenvalue weighted by molar-refractivity contribution is 7.89. The fraction of sp³-hybridized carbons (Fsp3) is 0.235. The molecule has 2 N–H and O–H groups in total. The van der Waals surface area contributed by atoms with Crippen molar-refractivity contribution < 1.29 is 8.42 Å². The SMILES string of the molecule is CN1C(N)=N[C@](C)(c2sc(-c3ccc(-n4nccn4)cc3)cc2Cl)CS1(=O)=O. The molecule has 0 fully saturated rings. The Morgan fingerprint density at radius 2 is 1.86 bits per heavy atom. The molecule has 2 aromatic heterocycles. The van der Waals surface area contributed by atoms with Gasteiger partial charge in [0.2, 0.25) is 16.0 Å². The second-order valence-corrected chi connectivity index (χ2v) is 10.1. The van der Waals surface area contributed by atoms with E-state index >= 15 is 0 Å². The summed E-state index contributed by atoms with van der Waals surface area (Å²) >= 11 is 7.89. The van der Waals surface area contributed by atoms with Crippen molar-refractivity contribution in [2.75, 3.05) is 12.8 Å². The number of hydrogen-bond acceptors (Lipinski definition) is 7. The molecule has 1 aliphatic heterocycles. The van der Waals surface area contributed by atoms with Gasteiger partial charge in [-0.1, -0.05) is 23.7 Å². The van der Waals surface area contributed by atoms with E-state index in [1.54, 1.807) is 19.3 Å². The summed E-state index contributed by atoms with van der Waals surface area (Å²) in [6.07, 6.45) is 3.23. The number of aliphatic imine (C=N–C) groups is 1. The largest absolute Gasteiger partial charge is 0.369 e. The topological polar surface area (TPSA) is 106 Å². The number of guanidine groups is 1. The van der Waals surface area contributed by atoms with Crippen molar-refractivity contribution in [3.63, 3.8) is 0 Å². The van der Waals surface area contributed by atoms with Crippen LogP contribution in [0.25, 0.3) is 16.1 Å². The predicted molar refractivity (Wildman–Crippen MR) is 110 cm³/mol. The van der Waals surface area contributed by atoms with Crippen molar-refractivity contribution in [3.05, 3.63) is 52.6 Å². The summed E-state index contributed by atoms with van der Waals surface area (Å²) in [6, 6.07) is 9.51. The lowest BCUT2D eigenvalue weighted by Crippen LogP contribution is -2.50. The van der Waals surface area contributed by atoms with Gasteiger partial charge in [0, 0.05) is 11.9 Å². The molecule has 11 heteroatoms. The number of hydrogen-bond donors (Lipinski definition) is 1. The van der Waals surface area contributed by atoms with E-state index in [2.05, 4.69) is 15.2 Å². The number of nitrogens with two attached hydrogens (primary N) is 1. The first kappa shape index (κ1) is 18.9. The van der Waals surface area contributed by atoms with E-state index in [0.717, 1.165) is 20.4 Å². The van der Waals surface area contributed by atoms with Gasteiger partial charge in [-0.3, -0.25) is 0 Å². The molecule has 1 atom stereocenters. The number of rotatable bonds is 3. The van der Waals surface area contributed by atoms with Gasteiger partial charge in [0.1, 0.15) is 5.54 Å². The van der Waals surface area contributed by atoms with Gasteiger partial charge in [-0.25, -0.2) is 17.7 Å². The first-order valence-electron chi connectivity index (χ1n) is 8.28. The zero-order valence-electron chi connectivity index (χ0n) is 15.1. The number of sulfonamides is 1. The van der Waals surface area contributed by atoms with Gasteiger partial charge in [0.25, 0.3) is 0 Å². The Bertz CT molecular complexity index is 1150. The Morgan fingerprint density at radius 3 is 2.46 bits per heavy atom. The van der Waals surface area contributed by atoms with Crippen molar-refractivity contribution >= 4 is 38.9 Å². The molecule has 1 aromatic carbocycles. The molecular formula is C17H17ClN6O2S2. The third-order valence-electron chi connectivity index (χ3n) is 4.54. The summed E-state index contributed by atoms with van der Waals surface area (Å²) in [5.41, 5.74) is 6.59. The van der Waals surface area contributed by atoms with Crippen LogP contribution in [-0.2, 0) is 15.6 Å². The summed E-state index contributed by atoms with van der Waals surface area (Å²) < 4.78 is 25.9. The monoisotopic (exact) mass is 436 g/mol. The van der Waals surface area contributed by atoms with Gasteiger partial charge in [-0.2, -0.15) is 15.0 Å². The molecule has 1 aliphatic rings. The summed E-state index contributed by atoms with van der Waals surface area (Å²) in [5, 5.41) is 8.68. The smallest absolute Gasteiger partial charge is 0.239 e. The molecule has 28 heavy (non-hydrogen) atoms. The summed E-state index contributed by atoms with van der Waals surface area (Å²) in [6.45, 7) is 1.73. The molecule has 0 saturated heterocycles. The normalized spacial score (nSPS) is 21.5. The van der Waals surface area contributed by atoms with Gasteiger partial charge in [0.05, 0.1) is 33.7 Å². The molecule has 146 valence electrons. The van der Waals surface area contributed by atoms with Crippen LogP contribution in [0.3, 0.4) is 0 Å². The standard InChI is InChI=1S/C17H17ClN6O2S2/c1-17(10-28(25,26)23(2)16(19)22-17)15-13(18)9-14(27-15)11-3-5-12(6-4-11)24-20-7-8-21-24/h3-9H,10H2,1-2H3,(H2,19,22)/t17-/m0/s1. The number of nitrogens with zero attached hydrogens (tertiary/aromatic N) is 5. The third kappa shape index (κ3) is 3.17. The first-order valence-corrected chi connectivity index (χ1v) is 11.1. The zero-order valence-corrected chi connectivity index (χ0v) is 17.5. The van der Waals surface area contributed by atoms with Gasteiger partial charge >= 0.3 is 0 Å². The Balaban J connectivity index is 1.71. The van der Waals surface area contributed by atoms with Crippen LogP contribution in [0.2, 0.25) is 5.02 Å². The minimum absolute atomic E-state index is 0.0455. The van der Waals surface area contributed by atoms with Crippen molar-refractivity contribution in [2.24, 2.45) is 10.7 Å². The van der Waals surface area contributed by atoms with Crippen LogP contribution in [-0.4, -0.2) is 46.5 Å². The molecule has 0 radical (unpaired) electrons. The summed E-state index contributed by atoms with van der Waals surface area (Å²) in [7, 11) is -2.17. The number of benzene rings is 1. The van der Waals surface area contributed by atoms with Crippen molar-refractivity contribution in [1.29, 1.82) is 0 Å². The van der Waals surface area contributed by atoms with E-state index in [4.69, 9.17) is 17.3 Å². The van der Waals surface area contributed by atoms with Gasteiger partial charge < -0.3 is 5.73 Å². The van der Waals surface area contributed by atoms with Gasteiger partial charge in [0.15, 0.2) is 0 Å². The number of thiophene rings is 1. The molecule has 4 rings (SSSR count). The first-order chi connectivity index (χ1) is 13.2. The maximum absolute atomic E-state index is 12.4. The molecule has 0 bridgehead atoms. The minimum atomic E-state index is -3.56. The van der Waals surface area contributed by atoms with Crippen LogP contribution >= 0.6 is 22.9 Å². The highest BCUT2D eigenvalue weighted by atomic mass is 35.5. The lowest BCUT2D eigenvalue weighted by atomic mass is 10.0. The fourth-order valence-corrected chi connectivity index (χ4v) is 6.22. The Labute approximate surface area is 171 Å². The van der Waals surface area contributed by atoms with Crippen LogP contribution in [0.5, 0.6) is 0 Å². The van der Waals surface area contributed by atoms with Crippen LogP contribution in [0.1, 0.15) is 11.8 Å². The minimum Gasteiger partial charge on any atom is -0.369 e. The zero-order chi connectivity index (χ0) is 20.1. The molecule has 8 nitrogen and oxygen atoms in total. The number of aromatic nitrogens is 3. The van der Waals surface area contributed by atoms with E-state index in [9.17, 15) is 8.42 Å². The summed E-state index contributed by atoms with van der Waals surface area (Å²) in [4.78, 5) is 7.53. The van der Waals surface area contributed by atoms with Crippen molar-refractivity contribution in [3.8, 4) is 16.1 Å². The van der Waals surface area contributed by atoms with Crippen LogP contribution in [0, 0.1) is 0 Å². The fourth-order valence-electron chi connectivity index (χ4n) is 3.05. The van der Waals surface area contributed by atoms with E-state index in [1.807, 2.05) is 30.3 Å². The maximum atomic E-state index is 12.4. The maximum Gasteiger partial charge on any atom is 0.239 e. The number of halogens is 1. The molecule has 0 aliphatic carbocycles. The van der Waals surface area contributed by atoms with E-state index in [1.165, 1.54) is 23.2 Å². The second-order valence-electron chi connectivity index (χ2n) is 6.62. The lowest BCUT2D eigenvalue weighted by Gasteiger charge is -2.33. The van der Waals surface area contributed by atoms with Crippen LogP contribution in [0.4, 0.5) is 0 Å². The van der Waals surface area contributed by atoms with E-state index in [0.29, 0.717) is 9.90 Å². The van der Waals surface area contributed by atoms with Crippen LogP contribution < -0.4 is 5.73 Å². The van der Waals surface area contributed by atoms with Gasteiger partial charge in [-0.15, -0.1) is 11.3 Å². The second kappa shape index (κ2) is 6.57. The third-order valence-corrected chi connectivity index (χ3v) is 8.34. The molecular weight excluding hydrogens is 420 g/mol.